The quantitative estimate of drug-likeness (QED) is 0.714. The Labute approximate surface area is 177 Å². The number of nitrogens with zero attached hydrogens (tertiary/aromatic N) is 2. The summed E-state index contributed by atoms with van der Waals surface area (Å²) in [5.41, 5.74) is 1.73. The Morgan fingerprint density at radius 3 is 2.34 bits per heavy atom. The maximum atomic E-state index is 12.3. The summed E-state index contributed by atoms with van der Waals surface area (Å²) in [5, 5.41) is 3.58. The number of amides is 1. The van der Waals surface area contributed by atoms with Gasteiger partial charge in [0.1, 0.15) is 18.1 Å². The number of aryl methyl sites for hydroxylation is 1. The Bertz CT molecular complexity index is 805. The van der Waals surface area contributed by atoms with E-state index in [1.807, 2.05) is 43.3 Å². The predicted octanol–water partition coefficient (Wildman–Crippen LogP) is 3.29. The zero-order chi connectivity index (χ0) is 20.6. The maximum Gasteiger partial charge on any atom is 0.238 e. The van der Waals surface area contributed by atoms with Gasteiger partial charge >= 0.3 is 0 Å². The van der Waals surface area contributed by atoms with E-state index in [4.69, 9.17) is 21.1 Å². The Hall–Kier alpha value is -2.28. The van der Waals surface area contributed by atoms with E-state index in [-0.39, 0.29) is 5.91 Å². The van der Waals surface area contributed by atoms with E-state index in [1.54, 1.807) is 13.2 Å². The van der Waals surface area contributed by atoms with Gasteiger partial charge in [0.05, 0.1) is 13.7 Å². The molecule has 3 rings (SSSR count). The Morgan fingerprint density at radius 2 is 1.69 bits per heavy atom. The van der Waals surface area contributed by atoms with E-state index in [1.165, 1.54) is 0 Å². The molecule has 6 nitrogen and oxygen atoms in total. The summed E-state index contributed by atoms with van der Waals surface area (Å²) in [6.07, 6.45) is 0. The third-order valence-corrected chi connectivity index (χ3v) is 5.43. The molecule has 29 heavy (non-hydrogen) atoms. The van der Waals surface area contributed by atoms with E-state index in [2.05, 4.69) is 15.1 Å². The van der Waals surface area contributed by atoms with Gasteiger partial charge in [-0.25, -0.2) is 0 Å². The second-order valence-electron chi connectivity index (χ2n) is 7.15. The van der Waals surface area contributed by atoms with Gasteiger partial charge in [-0.2, -0.15) is 0 Å². The molecule has 1 amide bonds. The number of methoxy groups -OCH3 is 1. The number of piperazine rings is 1. The maximum absolute atomic E-state index is 12.3. The van der Waals surface area contributed by atoms with Gasteiger partial charge in [0.2, 0.25) is 5.91 Å². The van der Waals surface area contributed by atoms with Crippen molar-refractivity contribution in [2.45, 2.75) is 6.92 Å². The molecule has 1 aliphatic rings. The number of ether oxygens (including phenoxy) is 2. The highest BCUT2D eigenvalue weighted by molar-refractivity contribution is 6.31. The topological polar surface area (TPSA) is 54.0 Å². The number of carbonyl (C=O) groups excluding carboxylic acids is 1. The number of nitrogens with one attached hydrogen (secondary N) is 1. The van der Waals surface area contributed by atoms with E-state index in [0.717, 1.165) is 55.5 Å². The monoisotopic (exact) mass is 417 g/mol. The van der Waals surface area contributed by atoms with Crippen molar-refractivity contribution in [1.82, 2.24) is 9.80 Å². The summed E-state index contributed by atoms with van der Waals surface area (Å²) >= 11 is 6.12. The zero-order valence-electron chi connectivity index (χ0n) is 17.0. The van der Waals surface area contributed by atoms with Crippen molar-refractivity contribution in [2.75, 3.05) is 58.3 Å². The normalized spacial score (nSPS) is 15.1. The van der Waals surface area contributed by atoms with Crippen LogP contribution in [-0.2, 0) is 4.79 Å². The summed E-state index contributed by atoms with van der Waals surface area (Å²) < 4.78 is 10.9. The van der Waals surface area contributed by atoms with Gasteiger partial charge in [-0.1, -0.05) is 17.7 Å². The van der Waals surface area contributed by atoms with Crippen LogP contribution in [-0.4, -0.2) is 68.7 Å². The minimum Gasteiger partial charge on any atom is -0.497 e. The molecule has 7 heteroatoms. The van der Waals surface area contributed by atoms with Crippen molar-refractivity contribution in [3.63, 3.8) is 0 Å². The second kappa shape index (κ2) is 10.5. The molecule has 0 aliphatic carbocycles. The first-order valence-corrected chi connectivity index (χ1v) is 10.2. The highest BCUT2D eigenvalue weighted by atomic mass is 35.5. The molecular weight excluding hydrogens is 390 g/mol. The summed E-state index contributed by atoms with van der Waals surface area (Å²) in [4.78, 5) is 16.8. The van der Waals surface area contributed by atoms with Gasteiger partial charge in [-0.3, -0.25) is 14.6 Å². The fourth-order valence-electron chi connectivity index (χ4n) is 3.21. The second-order valence-corrected chi connectivity index (χ2v) is 7.56. The fourth-order valence-corrected chi connectivity index (χ4v) is 3.39. The Balaban J connectivity index is 1.34. The minimum absolute atomic E-state index is 0.0128. The van der Waals surface area contributed by atoms with Crippen LogP contribution in [0.25, 0.3) is 0 Å². The molecule has 0 aromatic heterocycles. The van der Waals surface area contributed by atoms with Gasteiger partial charge < -0.3 is 14.8 Å². The highest BCUT2D eigenvalue weighted by Crippen LogP contribution is 2.20. The van der Waals surface area contributed by atoms with Crippen molar-refractivity contribution in [1.29, 1.82) is 0 Å². The van der Waals surface area contributed by atoms with Crippen molar-refractivity contribution in [3.8, 4) is 11.5 Å². The van der Waals surface area contributed by atoms with Crippen LogP contribution in [0.1, 0.15) is 5.56 Å². The number of halogens is 1. The predicted molar refractivity (Wildman–Crippen MR) is 116 cm³/mol. The largest absolute Gasteiger partial charge is 0.497 e. The molecule has 1 aliphatic heterocycles. The van der Waals surface area contributed by atoms with Crippen molar-refractivity contribution in [2.24, 2.45) is 0 Å². The highest BCUT2D eigenvalue weighted by Gasteiger charge is 2.19. The lowest BCUT2D eigenvalue weighted by atomic mass is 10.2. The van der Waals surface area contributed by atoms with Crippen LogP contribution in [0.2, 0.25) is 5.02 Å². The van der Waals surface area contributed by atoms with E-state index < -0.39 is 0 Å². The van der Waals surface area contributed by atoms with E-state index in [9.17, 15) is 4.79 Å². The van der Waals surface area contributed by atoms with Crippen LogP contribution >= 0.6 is 11.6 Å². The third kappa shape index (κ3) is 6.63. The molecule has 1 heterocycles. The molecule has 0 radical (unpaired) electrons. The molecule has 0 atom stereocenters. The molecule has 1 N–H and O–H groups in total. The van der Waals surface area contributed by atoms with Gasteiger partial charge in [-0.05, 0) is 48.9 Å². The molecule has 0 unspecified atom stereocenters. The van der Waals surface area contributed by atoms with Gasteiger partial charge in [-0.15, -0.1) is 0 Å². The molecule has 0 bridgehead atoms. The summed E-state index contributed by atoms with van der Waals surface area (Å²) in [6, 6.07) is 13.2. The number of benzene rings is 2. The standard InChI is InChI=1S/C22H28ClN3O3/c1-17-3-4-18(15-21(17)23)24-22(27)16-26-11-9-25(10-12-26)13-14-29-20-7-5-19(28-2)6-8-20/h3-8,15H,9-14,16H2,1-2H3,(H,24,27). The summed E-state index contributed by atoms with van der Waals surface area (Å²) in [7, 11) is 1.65. The van der Waals surface area contributed by atoms with Crippen LogP contribution in [0.15, 0.2) is 42.5 Å². The molecule has 2 aromatic carbocycles. The smallest absolute Gasteiger partial charge is 0.238 e. The first-order chi connectivity index (χ1) is 14.0. The van der Waals surface area contributed by atoms with Crippen LogP contribution in [0.3, 0.4) is 0 Å². The molecule has 0 spiro atoms. The molecule has 2 aromatic rings. The van der Waals surface area contributed by atoms with E-state index >= 15 is 0 Å². The van der Waals surface area contributed by atoms with Crippen LogP contribution in [0, 0.1) is 6.92 Å². The number of carbonyl (C=O) groups is 1. The van der Waals surface area contributed by atoms with Crippen molar-refractivity contribution in [3.05, 3.63) is 53.1 Å². The third-order valence-electron chi connectivity index (χ3n) is 5.02. The summed E-state index contributed by atoms with van der Waals surface area (Å²) in [6.45, 7) is 7.42. The van der Waals surface area contributed by atoms with Crippen LogP contribution in [0.5, 0.6) is 11.5 Å². The molecule has 1 fully saturated rings. The number of hydrogen-bond acceptors (Lipinski definition) is 5. The number of rotatable bonds is 8. The molecule has 1 saturated heterocycles. The Kier molecular flexibility index (Phi) is 7.75. The molecule has 0 saturated carbocycles. The van der Waals surface area contributed by atoms with E-state index in [0.29, 0.717) is 18.2 Å². The van der Waals surface area contributed by atoms with Gasteiger partial charge in [0.25, 0.3) is 0 Å². The van der Waals surface area contributed by atoms with Crippen molar-refractivity contribution < 1.29 is 14.3 Å². The van der Waals surface area contributed by atoms with Crippen LogP contribution < -0.4 is 14.8 Å². The van der Waals surface area contributed by atoms with Crippen molar-refractivity contribution >= 4 is 23.2 Å². The first kappa shape index (κ1) is 21.4. The summed E-state index contributed by atoms with van der Waals surface area (Å²) in [5.74, 6) is 1.65. The van der Waals surface area contributed by atoms with Gasteiger partial charge in [0, 0.05) is 43.4 Å². The number of anilines is 1. The zero-order valence-corrected chi connectivity index (χ0v) is 17.7. The fraction of sp³-hybridized carbons (Fsp3) is 0.409. The van der Waals surface area contributed by atoms with Crippen LogP contribution in [0.4, 0.5) is 5.69 Å². The number of hydrogen-bond donors (Lipinski definition) is 1. The molecular formula is C22H28ClN3O3. The minimum atomic E-state index is -0.0128. The average molecular weight is 418 g/mol. The lowest BCUT2D eigenvalue weighted by Gasteiger charge is -2.34. The molecule has 156 valence electrons. The average Bonchev–Trinajstić information content (AvgIpc) is 2.72. The first-order valence-electron chi connectivity index (χ1n) is 9.81. The lowest BCUT2D eigenvalue weighted by molar-refractivity contribution is -0.117. The Morgan fingerprint density at radius 1 is 1.03 bits per heavy atom. The van der Waals surface area contributed by atoms with Gasteiger partial charge in [0.15, 0.2) is 0 Å². The lowest BCUT2D eigenvalue weighted by Crippen LogP contribution is -2.49. The SMILES string of the molecule is COc1ccc(OCCN2CCN(CC(=O)Nc3ccc(C)c(Cl)c3)CC2)cc1.